The van der Waals surface area contributed by atoms with E-state index in [0.717, 1.165) is 11.0 Å². The standard InChI is InChI=1S/C29H27F4N5O3S/c1-15(23-9-17(12-42-23)25(34)35)37-27(41)22-10-28(31,13-30)14-38(22)24(39)11-36-26(40)16-6-7-19-18-4-2-3-5-20(18)29(32,33)21(19)8-16/h2-9,12,15,22H,10-11,13-14H2,1H3,(H3,34,35)(H,36,40)(H,37,41)/t15?,22-,28-/m0/s1. The van der Waals surface area contributed by atoms with E-state index in [0.29, 0.717) is 21.6 Å². The van der Waals surface area contributed by atoms with Crippen molar-refractivity contribution in [2.45, 2.75) is 37.0 Å². The number of likely N-dealkylation sites (tertiary alicyclic amines) is 1. The highest BCUT2D eigenvalue weighted by atomic mass is 32.1. The van der Waals surface area contributed by atoms with Gasteiger partial charge < -0.3 is 21.3 Å². The van der Waals surface area contributed by atoms with E-state index < -0.39 is 67.6 Å². The number of nitrogens with zero attached hydrogens (tertiary/aromatic N) is 1. The zero-order chi connectivity index (χ0) is 30.4. The lowest BCUT2D eigenvalue weighted by molar-refractivity contribution is -0.138. The molecule has 220 valence electrons. The number of nitrogens with two attached hydrogens (primary N) is 1. The van der Waals surface area contributed by atoms with Gasteiger partial charge in [0.1, 0.15) is 18.6 Å². The van der Waals surface area contributed by atoms with Crippen LogP contribution in [0.1, 0.15) is 51.3 Å². The summed E-state index contributed by atoms with van der Waals surface area (Å²) in [4.78, 5) is 40.5. The number of hydrogen-bond donors (Lipinski definition) is 4. The fourth-order valence-electron chi connectivity index (χ4n) is 5.31. The van der Waals surface area contributed by atoms with Crippen LogP contribution >= 0.6 is 11.3 Å². The van der Waals surface area contributed by atoms with Gasteiger partial charge in [-0.2, -0.15) is 8.78 Å². The molecule has 1 aliphatic heterocycles. The Kier molecular flexibility index (Phi) is 7.56. The quantitative estimate of drug-likeness (QED) is 0.177. The largest absolute Gasteiger partial charge is 0.384 e. The van der Waals surface area contributed by atoms with Gasteiger partial charge in [0.15, 0.2) is 5.67 Å². The monoisotopic (exact) mass is 601 g/mol. The molecular weight excluding hydrogens is 574 g/mol. The molecule has 42 heavy (non-hydrogen) atoms. The Balaban J connectivity index is 1.26. The summed E-state index contributed by atoms with van der Waals surface area (Å²) in [7, 11) is 0. The van der Waals surface area contributed by atoms with Crippen molar-refractivity contribution >= 4 is 34.9 Å². The van der Waals surface area contributed by atoms with Crippen molar-refractivity contribution in [2.24, 2.45) is 5.73 Å². The number of carbonyl (C=O) groups excluding carboxylic acids is 3. The SMILES string of the molecule is CC(NC(=O)[C@@H]1C[C@](F)(CF)CN1C(=O)CNC(=O)c1ccc2c(c1)C(F)(F)c1ccccc1-2)c1cc(C(=N)N)cs1. The molecule has 3 aromatic rings. The van der Waals surface area contributed by atoms with Gasteiger partial charge in [0.2, 0.25) is 11.8 Å². The van der Waals surface area contributed by atoms with E-state index in [1.54, 1.807) is 30.5 Å². The molecule has 0 radical (unpaired) electrons. The van der Waals surface area contributed by atoms with Crippen LogP contribution in [0.3, 0.4) is 0 Å². The maximum absolute atomic E-state index is 15.0. The average molecular weight is 602 g/mol. The number of alkyl halides is 4. The highest BCUT2D eigenvalue weighted by molar-refractivity contribution is 7.10. The van der Waals surface area contributed by atoms with E-state index in [9.17, 15) is 18.8 Å². The fraction of sp³-hybridized carbons (Fsp3) is 0.310. The molecule has 0 spiro atoms. The van der Waals surface area contributed by atoms with E-state index in [4.69, 9.17) is 11.1 Å². The number of nitrogens with one attached hydrogen (secondary N) is 3. The second-order valence-electron chi connectivity index (χ2n) is 10.5. The first kappa shape index (κ1) is 29.2. The van der Waals surface area contributed by atoms with Gasteiger partial charge in [-0.05, 0) is 36.2 Å². The van der Waals surface area contributed by atoms with Crippen LogP contribution in [0.15, 0.2) is 53.9 Å². The molecule has 3 amide bonds. The van der Waals surface area contributed by atoms with Crippen LogP contribution in [0.2, 0.25) is 0 Å². The normalized spacial score (nSPS) is 20.9. The lowest BCUT2D eigenvalue weighted by Gasteiger charge is -2.25. The molecule has 5 rings (SSSR count). The molecule has 8 nitrogen and oxygen atoms in total. The smallest absolute Gasteiger partial charge is 0.299 e. The lowest BCUT2D eigenvalue weighted by atomic mass is 10.0. The second-order valence-corrected chi connectivity index (χ2v) is 11.4. The van der Waals surface area contributed by atoms with Crippen LogP contribution in [0.4, 0.5) is 17.6 Å². The summed E-state index contributed by atoms with van der Waals surface area (Å²) < 4.78 is 58.7. The van der Waals surface area contributed by atoms with Gasteiger partial charge in [0, 0.05) is 38.9 Å². The second kappa shape index (κ2) is 10.9. The van der Waals surface area contributed by atoms with Crippen molar-refractivity contribution in [3.63, 3.8) is 0 Å². The molecule has 1 aromatic heterocycles. The molecule has 13 heteroatoms. The van der Waals surface area contributed by atoms with E-state index >= 15 is 13.2 Å². The van der Waals surface area contributed by atoms with Gasteiger partial charge >= 0.3 is 0 Å². The third-order valence-electron chi connectivity index (χ3n) is 7.54. The van der Waals surface area contributed by atoms with Gasteiger partial charge in [-0.3, -0.25) is 19.8 Å². The van der Waals surface area contributed by atoms with E-state index in [1.165, 1.54) is 35.6 Å². The Bertz CT molecular complexity index is 1590. The van der Waals surface area contributed by atoms with Gasteiger partial charge in [-0.25, -0.2) is 8.78 Å². The molecule has 5 N–H and O–H groups in total. The third-order valence-corrected chi connectivity index (χ3v) is 8.66. The lowest BCUT2D eigenvalue weighted by Crippen LogP contribution is -2.49. The van der Waals surface area contributed by atoms with Gasteiger partial charge in [-0.1, -0.05) is 30.3 Å². The van der Waals surface area contributed by atoms with E-state index in [2.05, 4.69) is 10.6 Å². The molecule has 2 heterocycles. The molecule has 2 aliphatic rings. The Morgan fingerprint density at radius 3 is 2.50 bits per heavy atom. The van der Waals surface area contributed by atoms with Crippen LogP contribution < -0.4 is 16.4 Å². The number of halogens is 4. The van der Waals surface area contributed by atoms with E-state index in [1.807, 2.05) is 0 Å². The summed E-state index contributed by atoms with van der Waals surface area (Å²) in [6.45, 7) is -1.12. The van der Waals surface area contributed by atoms with Crippen molar-refractivity contribution in [2.75, 3.05) is 19.8 Å². The van der Waals surface area contributed by atoms with Crippen molar-refractivity contribution in [3.8, 4) is 11.1 Å². The number of amidine groups is 1. The number of hydrogen-bond acceptors (Lipinski definition) is 5. The average Bonchev–Trinajstić information content (AvgIpc) is 3.66. The van der Waals surface area contributed by atoms with Gasteiger partial charge in [0.25, 0.3) is 11.8 Å². The van der Waals surface area contributed by atoms with Crippen LogP contribution in [0.25, 0.3) is 11.1 Å². The Labute approximate surface area is 242 Å². The van der Waals surface area contributed by atoms with E-state index in [-0.39, 0.29) is 22.5 Å². The summed E-state index contributed by atoms with van der Waals surface area (Å²) in [6, 6.07) is 9.60. The number of fused-ring (bicyclic) bond motifs is 3. The summed E-state index contributed by atoms with van der Waals surface area (Å²) in [5.74, 6) is -5.82. The van der Waals surface area contributed by atoms with Crippen LogP contribution in [-0.4, -0.2) is 59.9 Å². The predicted octanol–water partition coefficient (Wildman–Crippen LogP) is 4.04. The minimum atomic E-state index is -3.31. The highest BCUT2D eigenvalue weighted by Crippen LogP contribution is 2.51. The van der Waals surface area contributed by atoms with Gasteiger partial charge in [0.05, 0.1) is 19.1 Å². The number of carbonyl (C=O) groups is 3. The van der Waals surface area contributed by atoms with Crippen LogP contribution in [0, 0.1) is 5.41 Å². The Morgan fingerprint density at radius 1 is 1.10 bits per heavy atom. The molecule has 0 bridgehead atoms. The minimum absolute atomic E-state index is 0.108. The summed E-state index contributed by atoms with van der Waals surface area (Å²) >= 11 is 1.25. The molecule has 0 saturated carbocycles. The maximum Gasteiger partial charge on any atom is 0.299 e. The first-order valence-electron chi connectivity index (χ1n) is 13.0. The summed E-state index contributed by atoms with van der Waals surface area (Å²) in [5.41, 5.74) is 3.57. The first-order chi connectivity index (χ1) is 19.8. The minimum Gasteiger partial charge on any atom is -0.384 e. The predicted molar refractivity (Wildman–Crippen MR) is 149 cm³/mol. The molecule has 1 fully saturated rings. The molecule has 1 unspecified atom stereocenters. The maximum atomic E-state index is 15.0. The van der Waals surface area contributed by atoms with Crippen LogP contribution in [0.5, 0.6) is 0 Å². The third kappa shape index (κ3) is 5.24. The molecule has 1 saturated heterocycles. The number of nitrogen functional groups attached to an aromatic ring is 1. The van der Waals surface area contributed by atoms with Crippen LogP contribution in [-0.2, 0) is 15.5 Å². The Hall–Kier alpha value is -4.26. The first-order valence-corrected chi connectivity index (χ1v) is 13.9. The molecule has 2 aromatic carbocycles. The zero-order valence-electron chi connectivity index (χ0n) is 22.3. The number of thiophene rings is 1. The fourth-order valence-corrected chi connectivity index (χ4v) is 6.22. The molecular formula is C29H27F4N5O3S. The Morgan fingerprint density at radius 2 is 1.81 bits per heavy atom. The summed E-state index contributed by atoms with van der Waals surface area (Å²) in [6.07, 6.45) is -0.578. The van der Waals surface area contributed by atoms with Gasteiger partial charge in [-0.15, -0.1) is 11.3 Å². The topological polar surface area (TPSA) is 128 Å². The number of benzene rings is 2. The van der Waals surface area contributed by atoms with Crippen molar-refractivity contribution < 1.29 is 31.9 Å². The number of rotatable bonds is 8. The van der Waals surface area contributed by atoms with Crippen molar-refractivity contribution in [1.82, 2.24) is 15.5 Å². The zero-order valence-corrected chi connectivity index (χ0v) is 23.2. The van der Waals surface area contributed by atoms with Crippen molar-refractivity contribution in [3.05, 3.63) is 81.0 Å². The molecule has 1 aliphatic carbocycles. The summed E-state index contributed by atoms with van der Waals surface area (Å²) in [5, 5.41) is 14.2. The van der Waals surface area contributed by atoms with Crippen molar-refractivity contribution in [1.29, 1.82) is 5.41 Å². The number of amides is 3. The highest BCUT2D eigenvalue weighted by Gasteiger charge is 2.50. The molecule has 3 atom stereocenters.